The highest BCUT2D eigenvalue weighted by Gasteiger charge is 2.24. The lowest BCUT2D eigenvalue weighted by atomic mass is 9.87. The lowest BCUT2D eigenvalue weighted by Crippen LogP contribution is -2.40. The van der Waals surface area contributed by atoms with Gasteiger partial charge in [-0.15, -0.1) is 0 Å². The molecule has 1 aliphatic heterocycles. The van der Waals surface area contributed by atoms with Crippen molar-refractivity contribution in [2.75, 3.05) is 33.7 Å². The largest absolute Gasteiger partial charge is 0.354 e. The number of aromatic amines is 1. The standard InChI is InChI=1S/C29H37N5O/c1-18(2)28-25-16-22(21-9-11-33(12-10-21)17-27(35)32(5)6)7-8-26(25)30-29(28)23-14-20(4)34-24(15-23)13-19(3)31-34/h7-8,13-16,18,21,30H,9-12,17H2,1-6H3. The van der Waals surface area contributed by atoms with E-state index in [9.17, 15) is 4.79 Å². The van der Waals surface area contributed by atoms with Gasteiger partial charge in [0, 0.05) is 36.3 Å². The second kappa shape index (κ2) is 9.15. The Morgan fingerprint density at radius 1 is 1.11 bits per heavy atom. The minimum Gasteiger partial charge on any atom is -0.354 e. The number of likely N-dealkylation sites (N-methyl/N-ethyl adjacent to an activating group) is 1. The number of pyridine rings is 1. The monoisotopic (exact) mass is 471 g/mol. The molecular weight excluding hydrogens is 434 g/mol. The Bertz CT molecular complexity index is 1390. The molecule has 0 radical (unpaired) electrons. The third-order valence-electron chi connectivity index (χ3n) is 7.51. The average Bonchev–Trinajstić information content (AvgIpc) is 3.39. The molecule has 1 amide bonds. The first kappa shape index (κ1) is 23.6. The number of amides is 1. The molecule has 1 N–H and O–H groups in total. The van der Waals surface area contributed by atoms with Gasteiger partial charge >= 0.3 is 0 Å². The van der Waals surface area contributed by atoms with E-state index in [1.54, 1.807) is 4.90 Å². The smallest absolute Gasteiger partial charge is 0.236 e. The molecule has 1 aliphatic rings. The van der Waals surface area contributed by atoms with Gasteiger partial charge in [0.15, 0.2) is 0 Å². The minimum atomic E-state index is 0.186. The van der Waals surface area contributed by atoms with Crippen LogP contribution in [-0.2, 0) is 4.79 Å². The lowest BCUT2D eigenvalue weighted by Gasteiger charge is -2.32. The van der Waals surface area contributed by atoms with Gasteiger partial charge in [-0.1, -0.05) is 19.9 Å². The van der Waals surface area contributed by atoms with E-state index in [1.807, 2.05) is 25.5 Å². The number of nitrogens with zero attached hydrogens (tertiary/aromatic N) is 4. The third-order valence-corrected chi connectivity index (χ3v) is 7.51. The molecule has 184 valence electrons. The van der Waals surface area contributed by atoms with E-state index in [-0.39, 0.29) is 5.91 Å². The second-order valence-electron chi connectivity index (χ2n) is 10.7. The van der Waals surface area contributed by atoms with E-state index in [2.05, 4.69) is 72.2 Å². The summed E-state index contributed by atoms with van der Waals surface area (Å²) in [7, 11) is 3.66. The molecule has 0 saturated carbocycles. The number of H-pyrrole nitrogens is 1. The summed E-state index contributed by atoms with van der Waals surface area (Å²) in [4.78, 5) is 19.8. The Labute approximate surface area is 207 Å². The third kappa shape index (κ3) is 4.47. The molecule has 1 fully saturated rings. The Morgan fingerprint density at radius 3 is 2.54 bits per heavy atom. The molecule has 0 atom stereocenters. The SMILES string of the molecule is Cc1cc2cc(-c3[nH]c4ccc(C5CCN(CC(=O)N(C)C)CC5)cc4c3C(C)C)cc(C)n2n1. The van der Waals surface area contributed by atoms with E-state index in [1.165, 1.54) is 33.3 Å². The molecular formula is C29H37N5O. The van der Waals surface area contributed by atoms with Crippen molar-refractivity contribution >= 4 is 22.3 Å². The van der Waals surface area contributed by atoms with E-state index >= 15 is 0 Å². The maximum atomic E-state index is 12.1. The van der Waals surface area contributed by atoms with E-state index < -0.39 is 0 Å². The van der Waals surface area contributed by atoms with Gasteiger partial charge in [0.25, 0.3) is 0 Å². The van der Waals surface area contributed by atoms with Gasteiger partial charge in [-0.05, 0) is 93.1 Å². The Balaban J connectivity index is 1.46. The first-order chi connectivity index (χ1) is 16.7. The van der Waals surface area contributed by atoms with Crippen molar-refractivity contribution in [3.8, 4) is 11.3 Å². The van der Waals surface area contributed by atoms with Crippen LogP contribution in [0.2, 0.25) is 0 Å². The zero-order chi connectivity index (χ0) is 24.9. The molecule has 3 aromatic heterocycles. The number of aromatic nitrogens is 3. The first-order valence-corrected chi connectivity index (χ1v) is 12.8. The summed E-state index contributed by atoms with van der Waals surface area (Å²) in [6, 6.07) is 13.6. The van der Waals surface area contributed by atoms with Crippen LogP contribution >= 0.6 is 0 Å². The molecule has 6 heteroatoms. The highest BCUT2D eigenvalue weighted by atomic mass is 16.2. The Kier molecular flexibility index (Phi) is 6.18. The summed E-state index contributed by atoms with van der Waals surface area (Å²) in [5.74, 6) is 1.12. The van der Waals surface area contributed by atoms with Crippen LogP contribution in [0, 0.1) is 13.8 Å². The summed E-state index contributed by atoms with van der Waals surface area (Å²) < 4.78 is 2.02. The number of nitrogens with one attached hydrogen (secondary N) is 1. The molecule has 0 unspecified atom stereocenters. The fraction of sp³-hybridized carbons (Fsp3) is 0.448. The fourth-order valence-corrected chi connectivity index (χ4v) is 5.61. The van der Waals surface area contributed by atoms with Crippen LogP contribution in [-0.4, -0.2) is 64.0 Å². The molecule has 5 rings (SSSR count). The predicted molar refractivity (Wildman–Crippen MR) is 143 cm³/mol. The number of likely N-dealkylation sites (tertiary alicyclic amines) is 1. The highest BCUT2D eigenvalue weighted by molar-refractivity contribution is 5.92. The van der Waals surface area contributed by atoms with Crippen molar-refractivity contribution in [3.05, 3.63) is 58.9 Å². The predicted octanol–water partition coefficient (Wildman–Crippen LogP) is 5.49. The average molecular weight is 472 g/mol. The van der Waals surface area contributed by atoms with Crippen LogP contribution in [0.3, 0.4) is 0 Å². The molecule has 1 aromatic carbocycles. The van der Waals surface area contributed by atoms with Crippen LogP contribution < -0.4 is 0 Å². The van der Waals surface area contributed by atoms with Crippen LogP contribution in [0.1, 0.15) is 61.0 Å². The van der Waals surface area contributed by atoms with Gasteiger partial charge in [-0.3, -0.25) is 9.69 Å². The number of hydrogen-bond donors (Lipinski definition) is 1. The van der Waals surface area contributed by atoms with Gasteiger partial charge in [0.1, 0.15) is 0 Å². The molecule has 0 spiro atoms. The van der Waals surface area contributed by atoms with Gasteiger partial charge in [0.05, 0.1) is 23.4 Å². The van der Waals surface area contributed by atoms with Crippen LogP contribution in [0.25, 0.3) is 27.7 Å². The van der Waals surface area contributed by atoms with Gasteiger partial charge < -0.3 is 9.88 Å². The number of rotatable bonds is 5. The molecule has 6 nitrogen and oxygen atoms in total. The molecule has 4 aromatic rings. The number of fused-ring (bicyclic) bond motifs is 2. The number of carbonyl (C=O) groups excluding carboxylic acids is 1. The summed E-state index contributed by atoms with van der Waals surface area (Å²) in [6.07, 6.45) is 2.19. The van der Waals surface area contributed by atoms with Gasteiger partial charge in [-0.25, -0.2) is 4.52 Å². The maximum absolute atomic E-state index is 12.1. The molecule has 0 bridgehead atoms. The van der Waals surface area contributed by atoms with Crippen molar-refractivity contribution in [2.45, 2.75) is 52.4 Å². The van der Waals surface area contributed by atoms with Crippen molar-refractivity contribution in [1.82, 2.24) is 24.4 Å². The van der Waals surface area contributed by atoms with Crippen molar-refractivity contribution in [3.63, 3.8) is 0 Å². The summed E-state index contributed by atoms with van der Waals surface area (Å²) in [6.45, 7) is 11.2. The summed E-state index contributed by atoms with van der Waals surface area (Å²) in [5, 5.41) is 5.96. The van der Waals surface area contributed by atoms with Crippen LogP contribution in [0.15, 0.2) is 36.4 Å². The van der Waals surface area contributed by atoms with Crippen molar-refractivity contribution < 1.29 is 4.79 Å². The maximum Gasteiger partial charge on any atom is 0.236 e. The zero-order valence-electron chi connectivity index (χ0n) is 21.9. The summed E-state index contributed by atoms with van der Waals surface area (Å²) >= 11 is 0. The molecule has 4 heterocycles. The number of hydrogen-bond acceptors (Lipinski definition) is 3. The number of aryl methyl sites for hydroxylation is 2. The normalized spacial score (nSPS) is 15.5. The molecule has 35 heavy (non-hydrogen) atoms. The number of benzene rings is 1. The molecule has 0 aliphatic carbocycles. The Morgan fingerprint density at radius 2 is 1.86 bits per heavy atom. The topological polar surface area (TPSA) is 56.6 Å². The fourth-order valence-electron chi connectivity index (χ4n) is 5.61. The zero-order valence-corrected chi connectivity index (χ0v) is 21.9. The van der Waals surface area contributed by atoms with E-state index in [0.717, 1.165) is 42.8 Å². The van der Waals surface area contributed by atoms with Crippen molar-refractivity contribution in [1.29, 1.82) is 0 Å². The highest BCUT2D eigenvalue weighted by Crippen LogP contribution is 2.39. The summed E-state index contributed by atoms with van der Waals surface area (Å²) in [5.41, 5.74) is 9.74. The van der Waals surface area contributed by atoms with E-state index in [4.69, 9.17) is 0 Å². The van der Waals surface area contributed by atoms with Crippen LogP contribution in [0.5, 0.6) is 0 Å². The molecule has 1 saturated heterocycles. The quantitative estimate of drug-likeness (QED) is 0.419. The lowest BCUT2D eigenvalue weighted by molar-refractivity contribution is -0.130. The minimum absolute atomic E-state index is 0.186. The van der Waals surface area contributed by atoms with Gasteiger partial charge in [-0.2, -0.15) is 5.10 Å². The van der Waals surface area contributed by atoms with Crippen LogP contribution in [0.4, 0.5) is 0 Å². The van der Waals surface area contributed by atoms with E-state index in [0.29, 0.717) is 18.4 Å². The number of carbonyl (C=O) groups is 1. The van der Waals surface area contributed by atoms with Crippen molar-refractivity contribution in [2.24, 2.45) is 0 Å². The number of piperidine rings is 1. The Hall–Kier alpha value is -3.12. The second-order valence-corrected chi connectivity index (χ2v) is 10.7. The first-order valence-electron chi connectivity index (χ1n) is 12.8. The van der Waals surface area contributed by atoms with Gasteiger partial charge in [0.2, 0.25) is 5.91 Å².